The summed E-state index contributed by atoms with van der Waals surface area (Å²) in [6.07, 6.45) is 3.33. The summed E-state index contributed by atoms with van der Waals surface area (Å²) in [4.78, 5) is 35.9. The van der Waals surface area contributed by atoms with Crippen LogP contribution in [0, 0.1) is 0 Å². The molecule has 0 aliphatic rings. The van der Waals surface area contributed by atoms with Gasteiger partial charge in [-0.1, -0.05) is 0 Å². The molecule has 33 heavy (non-hydrogen) atoms. The molecule has 0 fully saturated rings. The minimum absolute atomic E-state index is 0.0444. The fraction of sp³-hybridized carbons (Fsp3) is 0.286. The molecule has 4 aromatic rings. The lowest BCUT2D eigenvalue weighted by Gasteiger charge is -2.14. The average molecular weight is 458 g/mol. The van der Waals surface area contributed by atoms with Crippen LogP contribution in [-0.2, 0) is 11.3 Å². The first-order chi connectivity index (χ1) is 15.7. The number of aryl methyl sites for hydroxylation is 1. The Morgan fingerprint density at radius 2 is 2.12 bits per heavy atom. The summed E-state index contributed by atoms with van der Waals surface area (Å²) in [7, 11) is 1.70. The molecule has 0 aliphatic carbocycles. The van der Waals surface area contributed by atoms with E-state index in [-0.39, 0.29) is 28.4 Å². The van der Waals surface area contributed by atoms with E-state index in [4.69, 9.17) is 0 Å². The smallest absolute Gasteiger partial charge is 0.387 e. The minimum Gasteiger partial charge on any atom is -0.478 e. The van der Waals surface area contributed by atoms with Crippen LogP contribution in [0.2, 0.25) is 0 Å². The molecule has 3 aromatic heterocycles. The van der Waals surface area contributed by atoms with Gasteiger partial charge in [-0.15, -0.1) is 0 Å². The van der Waals surface area contributed by atoms with Gasteiger partial charge in [0.2, 0.25) is 5.91 Å². The second kappa shape index (κ2) is 8.81. The van der Waals surface area contributed by atoms with E-state index >= 15 is 0 Å². The Morgan fingerprint density at radius 1 is 1.33 bits per heavy atom. The molecule has 10 nitrogen and oxygen atoms in total. The van der Waals surface area contributed by atoms with Crippen molar-refractivity contribution in [1.82, 2.24) is 29.6 Å². The largest absolute Gasteiger partial charge is 0.478 e. The molecular formula is C21H20F2N6O4. The zero-order chi connectivity index (χ0) is 23.7. The van der Waals surface area contributed by atoms with Gasteiger partial charge < -0.3 is 19.7 Å². The number of carbonyl (C=O) groups is 2. The molecular weight excluding hydrogens is 438 g/mol. The maximum atomic E-state index is 12.8. The quantitative estimate of drug-likeness (QED) is 0.415. The third-order valence-corrected chi connectivity index (χ3v) is 5.20. The van der Waals surface area contributed by atoms with E-state index in [9.17, 15) is 23.5 Å². The number of rotatable bonds is 8. The molecule has 0 unspecified atom stereocenters. The van der Waals surface area contributed by atoms with Gasteiger partial charge in [-0.2, -0.15) is 13.9 Å². The second-order valence-corrected chi connectivity index (χ2v) is 7.38. The number of aromatic carboxylic acids is 1. The van der Waals surface area contributed by atoms with Crippen LogP contribution in [0.5, 0.6) is 5.75 Å². The van der Waals surface area contributed by atoms with Crippen molar-refractivity contribution in [1.29, 1.82) is 0 Å². The zero-order valence-corrected chi connectivity index (χ0v) is 17.7. The number of nitrogens with one attached hydrogen (secondary N) is 1. The van der Waals surface area contributed by atoms with Crippen LogP contribution in [0.3, 0.4) is 0 Å². The van der Waals surface area contributed by atoms with E-state index in [0.29, 0.717) is 41.8 Å². The first-order valence-electron chi connectivity index (χ1n) is 9.99. The summed E-state index contributed by atoms with van der Waals surface area (Å²) in [6.45, 7) is -0.552. The van der Waals surface area contributed by atoms with Gasteiger partial charge in [0.25, 0.3) is 0 Å². The molecule has 0 radical (unpaired) electrons. The standard InChI is InChI=1S/C21H20F2N6O4/c1-11(30)28(2)6-3-7-29-16-5-4-12(33-21(22)23)8-13(16)17(27-29)15-10-25-19-18(26-15)14(9-24-19)20(31)32/h4-5,8-10,21H,3,6-7H2,1-2H3,(H,24,25)(H,31,32). The van der Waals surface area contributed by atoms with Crippen LogP contribution in [0.4, 0.5) is 8.78 Å². The predicted molar refractivity (Wildman–Crippen MR) is 114 cm³/mol. The molecule has 0 saturated carbocycles. The topological polar surface area (TPSA) is 126 Å². The number of H-pyrrole nitrogens is 1. The Kier molecular flexibility index (Phi) is 5.90. The van der Waals surface area contributed by atoms with Gasteiger partial charge in [0.15, 0.2) is 5.65 Å². The summed E-state index contributed by atoms with van der Waals surface area (Å²) >= 11 is 0. The number of halogens is 2. The van der Waals surface area contributed by atoms with Crippen molar-refractivity contribution in [2.75, 3.05) is 13.6 Å². The maximum absolute atomic E-state index is 12.8. The van der Waals surface area contributed by atoms with Crippen LogP contribution in [0.1, 0.15) is 23.7 Å². The maximum Gasteiger partial charge on any atom is 0.387 e. The van der Waals surface area contributed by atoms with Crippen LogP contribution in [-0.4, -0.2) is 66.8 Å². The Labute approximate surface area is 185 Å². The van der Waals surface area contributed by atoms with E-state index in [1.807, 2.05) is 0 Å². The van der Waals surface area contributed by atoms with Crippen molar-refractivity contribution in [2.45, 2.75) is 26.5 Å². The lowest BCUT2D eigenvalue weighted by atomic mass is 10.1. The first-order valence-corrected chi connectivity index (χ1v) is 9.99. The number of amides is 1. The predicted octanol–water partition coefficient (Wildman–Crippen LogP) is 3.14. The van der Waals surface area contributed by atoms with Gasteiger partial charge in [-0.3, -0.25) is 9.48 Å². The normalized spacial score (nSPS) is 11.4. The van der Waals surface area contributed by atoms with Crippen molar-refractivity contribution in [3.05, 3.63) is 36.2 Å². The van der Waals surface area contributed by atoms with Gasteiger partial charge in [-0.25, -0.2) is 14.8 Å². The number of hydrogen-bond acceptors (Lipinski definition) is 6. The summed E-state index contributed by atoms with van der Waals surface area (Å²) in [5, 5.41) is 14.5. The van der Waals surface area contributed by atoms with Gasteiger partial charge in [-0.05, 0) is 24.6 Å². The fourth-order valence-electron chi connectivity index (χ4n) is 3.48. The summed E-state index contributed by atoms with van der Waals surface area (Å²) in [6, 6.07) is 4.47. The Hall–Kier alpha value is -4.09. The number of alkyl halides is 2. The van der Waals surface area contributed by atoms with Crippen LogP contribution < -0.4 is 4.74 Å². The minimum atomic E-state index is -2.99. The fourth-order valence-corrected chi connectivity index (χ4v) is 3.48. The van der Waals surface area contributed by atoms with Crippen molar-refractivity contribution in [3.63, 3.8) is 0 Å². The lowest BCUT2D eigenvalue weighted by Crippen LogP contribution is -2.25. The van der Waals surface area contributed by atoms with Crippen molar-refractivity contribution in [3.8, 4) is 17.1 Å². The van der Waals surface area contributed by atoms with Crippen LogP contribution in [0.25, 0.3) is 33.5 Å². The second-order valence-electron chi connectivity index (χ2n) is 7.38. The van der Waals surface area contributed by atoms with Crippen molar-refractivity contribution < 1.29 is 28.2 Å². The Balaban J connectivity index is 1.78. The molecule has 172 valence electrons. The molecule has 2 N–H and O–H groups in total. The average Bonchev–Trinajstić information content (AvgIpc) is 3.34. The molecule has 0 atom stereocenters. The number of aromatic amines is 1. The molecule has 0 saturated heterocycles. The number of carboxylic acid groups (broad SMARTS) is 1. The highest BCUT2D eigenvalue weighted by atomic mass is 19.3. The SMILES string of the molecule is CC(=O)N(C)CCCn1nc(-c2cnc3[nH]cc(C(=O)O)c3n2)c2cc(OC(F)F)ccc21. The molecule has 4 rings (SSSR count). The number of carboxylic acids is 1. The molecule has 1 aromatic carbocycles. The Bertz CT molecular complexity index is 1350. The van der Waals surface area contributed by atoms with E-state index in [1.54, 1.807) is 22.7 Å². The lowest BCUT2D eigenvalue weighted by molar-refractivity contribution is -0.127. The summed E-state index contributed by atoms with van der Waals surface area (Å²) < 4.78 is 31.7. The highest BCUT2D eigenvalue weighted by Gasteiger charge is 2.19. The van der Waals surface area contributed by atoms with Crippen LogP contribution in [0.15, 0.2) is 30.6 Å². The van der Waals surface area contributed by atoms with E-state index in [2.05, 4.69) is 24.8 Å². The number of nitrogens with zero attached hydrogens (tertiary/aromatic N) is 5. The number of carbonyl (C=O) groups excluding carboxylic acids is 1. The summed E-state index contributed by atoms with van der Waals surface area (Å²) in [5.41, 5.74) is 1.68. The molecule has 1 amide bonds. The van der Waals surface area contributed by atoms with E-state index < -0.39 is 12.6 Å². The molecule has 0 bridgehead atoms. The molecule has 12 heteroatoms. The molecule has 0 spiro atoms. The number of hydrogen-bond donors (Lipinski definition) is 2. The third kappa shape index (κ3) is 4.45. The van der Waals surface area contributed by atoms with Gasteiger partial charge in [0.1, 0.15) is 28.2 Å². The van der Waals surface area contributed by atoms with E-state index in [0.717, 1.165) is 0 Å². The van der Waals surface area contributed by atoms with Gasteiger partial charge >= 0.3 is 12.6 Å². The van der Waals surface area contributed by atoms with Crippen molar-refractivity contribution in [2.24, 2.45) is 0 Å². The Morgan fingerprint density at radius 3 is 2.82 bits per heavy atom. The number of ether oxygens (including phenoxy) is 1. The number of benzene rings is 1. The molecule has 3 heterocycles. The van der Waals surface area contributed by atoms with E-state index in [1.165, 1.54) is 31.5 Å². The first kappa shape index (κ1) is 22.1. The zero-order valence-electron chi connectivity index (χ0n) is 17.7. The third-order valence-electron chi connectivity index (χ3n) is 5.20. The molecule has 0 aliphatic heterocycles. The van der Waals surface area contributed by atoms with Gasteiger partial charge in [0, 0.05) is 38.6 Å². The van der Waals surface area contributed by atoms with Gasteiger partial charge in [0.05, 0.1) is 11.7 Å². The number of fused-ring (bicyclic) bond motifs is 2. The highest BCUT2D eigenvalue weighted by molar-refractivity contribution is 6.01. The highest BCUT2D eigenvalue weighted by Crippen LogP contribution is 2.31. The van der Waals surface area contributed by atoms with Crippen molar-refractivity contribution >= 4 is 33.9 Å². The summed E-state index contributed by atoms with van der Waals surface area (Å²) in [5.74, 6) is -1.26. The number of aromatic nitrogens is 5. The monoisotopic (exact) mass is 458 g/mol. The van der Waals surface area contributed by atoms with Crippen LogP contribution >= 0.6 is 0 Å².